The van der Waals surface area contributed by atoms with Gasteiger partial charge in [-0.15, -0.1) is 0 Å². The van der Waals surface area contributed by atoms with Gasteiger partial charge in [-0.1, -0.05) is 42.8 Å². The lowest BCUT2D eigenvalue weighted by Crippen LogP contribution is -2.52. The highest BCUT2D eigenvalue weighted by molar-refractivity contribution is 7.91. The number of carbonyl (C=O) groups excluding carboxylic acids is 2. The van der Waals surface area contributed by atoms with Crippen molar-refractivity contribution in [3.63, 3.8) is 0 Å². The van der Waals surface area contributed by atoms with E-state index in [0.717, 1.165) is 29.5 Å². The molecule has 3 aromatic rings. The molecule has 9 heteroatoms. The summed E-state index contributed by atoms with van der Waals surface area (Å²) in [6, 6.07) is 18.8. The predicted molar refractivity (Wildman–Crippen MR) is 149 cm³/mol. The quantitative estimate of drug-likeness (QED) is 0.397. The van der Waals surface area contributed by atoms with Gasteiger partial charge in [-0.2, -0.15) is 0 Å². The fraction of sp³-hybridized carbons (Fsp3) is 0.355. The molecule has 1 saturated heterocycles. The van der Waals surface area contributed by atoms with Crippen LogP contribution in [0.4, 0.5) is 8.78 Å². The Hall–Kier alpha value is -3.59. The van der Waals surface area contributed by atoms with Crippen molar-refractivity contribution >= 4 is 21.7 Å². The van der Waals surface area contributed by atoms with Gasteiger partial charge in [0.05, 0.1) is 11.5 Å². The van der Waals surface area contributed by atoms with Gasteiger partial charge in [0.15, 0.2) is 9.84 Å². The van der Waals surface area contributed by atoms with Gasteiger partial charge < -0.3 is 10.2 Å². The van der Waals surface area contributed by atoms with E-state index in [1.807, 2.05) is 12.1 Å². The molecular weight excluding hydrogens is 534 g/mol. The van der Waals surface area contributed by atoms with Crippen molar-refractivity contribution in [2.45, 2.75) is 37.6 Å². The molecule has 1 aliphatic carbocycles. The smallest absolute Gasteiger partial charge is 0.251 e. The number of nitrogens with one attached hydrogen (secondary N) is 1. The molecule has 1 N–H and O–H groups in total. The van der Waals surface area contributed by atoms with E-state index in [1.165, 1.54) is 29.2 Å². The zero-order valence-electron chi connectivity index (χ0n) is 22.1. The Morgan fingerprint density at radius 3 is 2.00 bits per heavy atom. The topological polar surface area (TPSA) is 83.6 Å². The van der Waals surface area contributed by atoms with Gasteiger partial charge in [0.25, 0.3) is 5.91 Å². The van der Waals surface area contributed by atoms with Gasteiger partial charge in [-0.3, -0.25) is 9.59 Å². The standard InChI is InChI=1S/C31H32F2N2O4S/c32-26-12-8-22(9-13-26)21-4-6-24(7-5-21)30(36)34-29(31(37)35-16-18-40(38,39)19-17-35)3-1-2-25-20-28(25)23-10-14-27(33)15-11-23/h4-15,25,28-29H,1-3,16-20H2,(H,34,36)/t25-,28+,29+/m1/s1. The number of benzene rings is 3. The van der Waals surface area contributed by atoms with Gasteiger partial charge >= 0.3 is 0 Å². The van der Waals surface area contributed by atoms with E-state index < -0.39 is 15.9 Å². The van der Waals surface area contributed by atoms with E-state index in [1.54, 1.807) is 36.4 Å². The normalized spacial score (nSPS) is 20.5. The van der Waals surface area contributed by atoms with Crippen LogP contribution >= 0.6 is 0 Å². The van der Waals surface area contributed by atoms with Crippen LogP contribution in [0.2, 0.25) is 0 Å². The molecule has 3 aromatic carbocycles. The third kappa shape index (κ3) is 6.94. The minimum atomic E-state index is -3.15. The molecule has 1 heterocycles. The van der Waals surface area contributed by atoms with Crippen LogP contribution in [0.25, 0.3) is 11.1 Å². The summed E-state index contributed by atoms with van der Waals surface area (Å²) >= 11 is 0. The van der Waals surface area contributed by atoms with E-state index in [9.17, 15) is 26.8 Å². The highest BCUT2D eigenvalue weighted by Crippen LogP contribution is 2.50. The summed E-state index contributed by atoms with van der Waals surface area (Å²) in [4.78, 5) is 28.1. The molecule has 3 atom stereocenters. The molecule has 5 rings (SSSR count). The lowest BCUT2D eigenvalue weighted by atomic mass is 10.0. The van der Waals surface area contributed by atoms with Crippen molar-refractivity contribution < 1.29 is 26.8 Å². The first-order chi connectivity index (χ1) is 19.2. The number of halogens is 2. The molecular formula is C31H32F2N2O4S. The molecule has 40 heavy (non-hydrogen) atoms. The Bertz CT molecular complexity index is 1440. The fourth-order valence-electron chi connectivity index (χ4n) is 5.38. The molecule has 210 valence electrons. The molecule has 2 fully saturated rings. The second kappa shape index (κ2) is 11.9. The van der Waals surface area contributed by atoms with Gasteiger partial charge in [0.1, 0.15) is 17.7 Å². The minimum absolute atomic E-state index is 0.0777. The maximum atomic E-state index is 13.4. The second-order valence-electron chi connectivity index (χ2n) is 10.7. The second-order valence-corrected chi connectivity index (χ2v) is 13.0. The summed E-state index contributed by atoms with van der Waals surface area (Å²) in [5.74, 6) is -0.547. The van der Waals surface area contributed by atoms with E-state index in [0.29, 0.717) is 30.2 Å². The van der Waals surface area contributed by atoms with E-state index in [4.69, 9.17) is 0 Å². The van der Waals surface area contributed by atoms with Gasteiger partial charge in [-0.25, -0.2) is 17.2 Å². The lowest BCUT2D eigenvalue weighted by Gasteiger charge is -2.30. The monoisotopic (exact) mass is 566 g/mol. The van der Waals surface area contributed by atoms with Crippen LogP contribution in [0.15, 0.2) is 72.8 Å². The fourth-order valence-corrected chi connectivity index (χ4v) is 6.58. The third-order valence-corrected chi connectivity index (χ3v) is 9.48. The summed E-state index contributed by atoms with van der Waals surface area (Å²) in [6.07, 6.45) is 3.05. The maximum absolute atomic E-state index is 13.4. The van der Waals surface area contributed by atoms with Crippen molar-refractivity contribution in [2.75, 3.05) is 24.6 Å². The average Bonchev–Trinajstić information content (AvgIpc) is 3.72. The highest BCUT2D eigenvalue weighted by Gasteiger charge is 2.38. The largest absolute Gasteiger partial charge is 0.340 e. The first-order valence-corrected chi connectivity index (χ1v) is 15.4. The number of sulfone groups is 1. The van der Waals surface area contributed by atoms with Gasteiger partial charge in [-0.05, 0) is 84.2 Å². The van der Waals surface area contributed by atoms with Crippen LogP contribution < -0.4 is 5.32 Å². The summed E-state index contributed by atoms with van der Waals surface area (Å²) in [6.45, 7) is 0.240. The molecule has 0 unspecified atom stereocenters. The number of amides is 2. The Labute approximate surface area is 233 Å². The Morgan fingerprint density at radius 2 is 1.40 bits per heavy atom. The molecule has 2 amide bonds. The summed E-state index contributed by atoms with van der Waals surface area (Å²) < 4.78 is 50.2. The van der Waals surface area contributed by atoms with E-state index >= 15 is 0 Å². The van der Waals surface area contributed by atoms with Crippen LogP contribution in [0, 0.1) is 17.6 Å². The molecule has 0 bridgehead atoms. The first-order valence-electron chi connectivity index (χ1n) is 13.6. The van der Waals surface area contributed by atoms with Gasteiger partial charge in [0, 0.05) is 18.7 Å². The van der Waals surface area contributed by atoms with Crippen molar-refractivity contribution in [3.05, 3.63) is 95.6 Å². The number of hydrogen-bond donors (Lipinski definition) is 1. The van der Waals surface area contributed by atoms with Crippen LogP contribution in [-0.4, -0.2) is 55.8 Å². The van der Waals surface area contributed by atoms with Crippen molar-refractivity contribution in [2.24, 2.45) is 5.92 Å². The third-order valence-electron chi connectivity index (χ3n) is 7.87. The van der Waals surface area contributed by atoms with Crippen LogP contribution in [0.1, 0.15) is 47.5 Å². The van der Waals surface area contributed by atoms with Gasteiger partial charge in [0.2, 0.25) is 5.91 Å². The zero-order chi connectivity index (χ0) is 28.3. The molecule has 2 aliphatic rings. The Kier molecular flexibility index (Phi) is 8.30. The summed E-state index contributed by atoms with van der Waals surface area (Å²) in [5, 5.41) is 2.89. The summed E-state index contributed by atoms with van der Waals surface area (Å²) in [5.41, 5.74) is 3.16. The number of hydrogen-bond acceptors (Lipinski definition) is 4. The van der Waals surface area contributed by atoms with Crippen molar-refractivity contribution in [1.29, 1.82) is 0 Å². The van der Waals surface area contributed by atoms with E-state index in [-0.39, 0.29) is 48.0 Å². The molecule has 0 radical (unpaired) electrons. The minimum Gasteiger partial charge on any atom is -0.340 e. The lowest BCUT2D eigenvalue weighted by molar-refractivity contribution is -0.133. The first kappa shape index (κ1) is 28.0. The molecule has 0 aromatic heterocycles. The Balaban J connectivity index is 1.22. The van der Waals surface area contributed by atoms with Crippen molar-refractivity contribution in [1.82, 2.24) is 10.2 Å². The molecule has 0 spiro atoms. The SMILES string of the molecule is O=C(N[C@@H](CCC[C@@H]1C[C@H]1c1ccc(F)cc1)C(=O)N1CCS(=O)(=O)CC1)c1ccc(-c2ccc(F)cc2)cc1. The zero-order valence-corrected chi connectivity index (χ0v) is 22.9. The molecule has 1 aliphatic heterocycles. The predicted octanol–water partition coefficient (Wildman–Crippen LogP) is 4.96. The molecule has 1 saturated carbocycles. The maximum Gasteiger partial charge on any atom is 0.251 e. The van der Waals surface area contributed by atoms with Crippen LogP contribution in [-0.2, 0) is 14.6 Å². The number of carbonyl (C=O) groups is 2. The van der Waals surface area contributed by atoms with Crippen LogP contribution in [0.5, 0.6) is 0 Å². The van der Waals surface area contributed by atoms with E-state index in [2.05, 4.69) is 5.32 Å². The Morgan fingerprint density at radius 1 is 0.850 bits per heavy atom. The number of nitrogens with zero attached hydrogens (tertiary/aromatic N) is 1. The molecule has 6 nitrogen and oxygen atoms in total. The van der Waals surface area contributed by atoms with Crippen LogP contribution in [0.3, 0.4) is 0 Å². The highest BCUT2D eigenvalue weighted by atomic mass is 32.2. The van der Waals surface area contributed by atoms with Crippen molar-refractivity contribution in [3.8, 4) is 11.1 Å². The average molecular weight is 567 g/mol. The summed E-state index contributed by atoms with van der Waals surface area (Å²) in [7, 11) is -3.15. The number of rotatable bonds is 9.